The summed E-state index contributed by atoms with van der Waals surface area (Å²) in [6, 6.07) is 12.1. The fraction of sp³-hybridized carbons (Fsp3) is 0.409. The van der Waals surface area contributed by atoms with Crippen molar-refractivity contribution in [3.05, 3.63) is 59.2 Å². The average Bonchev–Trinajstić information content (AvgIpc) is 2.74. The van der Waals surface area contributed by atoms with E-state index in [1.165, 1.54) is 0 Å². The molecule has 0 radical (unpaired) electrons. The van der Waals surface area contributed by atoms with Crippen LogP contribution in [0.2, 0.25) is 0 Å². The molecule has 6 nitrogen and oxygen atoms in total. The van der Waals surface area contributed by atoms with E-state index in [0.717, 1.165) is 36.1 Å². The molecule has 1 amide bonds. The van der Waals surface area contributed by atoms with Gasteiger partial charge in [0, 0.05) is 25.2 Å². The third-order valence-electron chi connectivity index (χ3n) is 5.07. The molecule has 1 fully saturated rings. The summed E-state index contributed by atoms with van der Waals surface area (Å²) in [7, 11) is -3.43. The van der Waals surface area contributed by atoms with Crippen molar-refractivity contribution in [2.75, 3.05) is 19.7 Å². The zero-order valence-electron chi connectivity index (χ0n) is 17.0. The van der Waals surface area contributed by atoms with Gasteiger partial charge >= 0.3 is 0 Å². The van der Waals surface area contributed by atoms with Crippen molar-refractivity contribution in [3.63, 3.8) is 0 Å². The number of nitrogens with zero attached hydrogens (tertiary/aromatic N) is 1. The lowest BCUT2D eigenvalue weighted by molar-refractivity contribution is 0.0950. The fourth-order valence-corrected chi connectivity index (χ4v) is 4.94. The SMILES string of the molecule is CCOc1ccc(C(=O)NCc2ccc(S(=O)(=O)N3CCCCC3)cc2)cc1C. The van der Waals surface area contributed by atoms with Crippen molar-refractivity contribution in [2.45, 2.75) is 44.6 Å². The molecule has 1 N–H and O–H groups in total. The van der Waals surface area contributed by atoms with E-state index in [1.54, 1.807) is 46.8 Å². The molecule has 1 saturated heterocycles. The number of amides is 1. The maximum Gasteiger partial charge on any atom is 0.251 e. The Hall–Kier alpha value is -2.38. The lowest BCUT2D eigenvalue weighted by atomic mass is 10.1. The number of hydrogen-bond donors (Lipinski definition) is 1. The second-order valence-electron chi connectivity index (χ2n) is 7.20. The highest BCUT2D eigenvalue weighted by Crippen LogP contribution is 2.21. The summed E-state index contributed by atoms with van der Waals surface area (Å²) >= 11 is 0. The molecule has 156 valence electrons. The second-order valence-corrected chi connectivity index (χ2v) is 9.14. The molecule has 0 spiro atoms. The number of piperidine rings is 1. The highest BCUT2D eigenvalue weighted by Gasteiger charge is 2.25. The smallest absolute Gasteiger partial charge is 0.251 e. The molecule has 0 aromatic heterocycles. The monoisotopic (exact) mass is 416 g/mol. The van der Waals surface area contributed by atoms with E-state index in [4.69, 9.17) is 4.74 Å². The first-order chi connectivity index (χ1) is 13.9. The van der Waals surface area contributed by atoms with Gasteiger partial charge in [-0.3, -0.25) is 4.79 Å². The number of carbonyl (C=O) groups is 1. The third-order valence-corrected chi connectivity index (χ3v) is 6.98. The minimum Gasteiger partial charge on any atom is -0.494 e. The van der Waals surface area contributed by atoms with Gasteiger partial charge in [-0.2, -0.15) is 4.31 Å². The van der Waals surface area contributed by atoms with E-state index in [2.05, 4.69) is 5.32 Å². The van der Waals surface area contributed by atoms with Gasteiger partial charge < -0.3 is 10.1 Å². The van der Waals surface area contributed by atoms with Crippen LogP contribution >= 0.6 is 0 Å². The normalized spacial score (nSPS) is 15.1. The van der Waals surface area contributed by atoms with Crippen LogP contribution in [0.25, 0.3) is 0 Å². The quantitative estimate of drug-likeness (QED) is 0.750. The fourth-order valence-electron chi connectivity index (χ4n) is 3.43. The topological polar surface area (TPSA) is 75.7 Å². The Labute approximate surface area is 172 Å². The van der Waals surface area contributed by atoms with E-state index in [0.29, 0.717) is 36.7 Å². The second kappa shape index (κ2) is 9.41. The molecule has 0 unspecified atom stereocenters. The maximum atomic E-state index is 12.7. The minimum absolute atomic E-state index is 0.179. The van der Waals surface area contributed by atoms with E-state index in [1.807, 2.05) is 13.8 Å². The minimum atomic E-state index is -3.43. The molecule has 3 rings (SSSR count). The van der Waals surface area contributed by atoms with Gasteiger partial charge in [-0.25, -0.2) is 8.42 Å². The largest absolute Gasteiger partial charge is 0.494 e. The first-order valence-electron chi connectivity index (χ1n) is 10.0. The Balaban J connectivity index is 1.61. The molecule has 1 heterocycles. The molecule has 1 aliphatic rings. The van der Waals surface area contributed by atoms with Crippen LogP contribution in [0.1, 0.15) is 47.7 Å². The van der Waals surface area contributed by atoms with E-state index in [9.17, 15) is 13.2 Å². The van der Waals surface area contributed by atoms with Gasteiger partial charge in [0.15, 0.2) is 0 Å². The number of ether oxygens (including phenoxy) is 1. The van der Waals surface area contributed by atoms with Crippen LogP contribution in [0.5, 0.6) is 5.75 Å². The van der Waals surface area contributed by atoms with Gasteiger partial charge in [0.1, 0.15) is 5.75 Å². The molecule has 1 aliphatic heterocycles. The number of carbonyl (C=O) groups excluding carboxylic acids is 1. The summed E-state index contributed by atoms with van der Waals surface area (Å²) in [6.45, 7) is 5.90. The molecule has 0 aliphatic carbocycles. The highest BCUT2D eigenvalue weighted by molar-refractivity contribution is 7.89. The molecule has 29 heavy (non-hydrogen) atoms. The van der Waals surface area contributed by atoms with Crippen molar-refractivity contribution in [1.29, 1.82) is 0 Å². The number of rotatable bonds is 7. The van der Waals surface area contributed by atoms with Crippen molar-refractivity contribution in [1.82, 2.24) is 9.62 Å². The van der Waals surface area contributed by atoms with Crippen molar-refractivity contribution in [2.24, 2.45) is 0 Å². The van der Waals surface area contributed by atoms with Crippen molar-refractivity contribution < 1.29 is 17.9 Å². The standard InChI is InChI=1S/C22H28N2O4S/c1-3-28-21-12-9-19(15-17(21)2)22(25)23-16-18-7-10-20(11-8-18)29(26,27)24-13-5-4-6-14-24/h7-12,15H,3-6,13-14,16H2,1-2H3,(H,23,25). The van der Waals surface area contributed by atoms with Crippen molar-refractivity contribution >= 4 is 15.9 Å². The summed E-state index contributed by atoms with van der Waals surface area (Å²) in [6.07, 6.45) is 2.90. The van der Waals surface area contributed by atoms with E-state index >= 15 is 0 Å². The lowest BCUT2D eigenvalue weighted by Crippen LogP contribution is -2.35. The summed E-state index contributed by atoms with van der Waals surface area (Å²) in [4.78, 5) is 12.7. The highest BCUT2D eigenvalue weighted by atomic mass is 32.2. The summed E-state index contributed by atoms with van der Waals surface area (Å²) in [5.41, 5.74) is 2.32. The van der Waals surface area contributed by atoms with Crippen LogP contribution in [0.3, 0.4) is 0 Å². The molecular weight excluding hydrogens is 388 g/mol. The first-order valence-corrected chi connectivity index (χ1v) is 11.5. The Bertz CT molecular complexity index is 949. The molecule has 7 heteroatoms. The molecule has 0 atom stereocenters. The zero-order valence-corrected chi connectivity index (χ0v) is 17.8. The molecule has 2 aromatic carbocycles. The number of nitrogens with one attached hydrogen (secondary N) is 1. The van der Waals surface area contributed by atoms with Gasteiger partial charge in [0.2, 0.25) is 10.0 Å². The van der Waals surface area contributed by atoms with Crippen LogP contribution in [-0.4, -0.2) is 38.3 Å². The predicted molar refractivity (Wildman–Crippen MR) is 113 cm³/mol. The van der Waals surface area contributed by atoms with Crippen LogP contribution in [0.4, 0.5) is 0 Å². The van der Waals surface area contributed by atoms with Crippen LogP contribution in [0, 0.1) is 6.92 Å². The van der Waals surface area contributed by atoms with E-state index in [-0.39, 0.29) is 5.91 Å². The van der Waals surface area contributed by atoms with Gasteiger partial charge in [0.05, 0.1) is 11.5 Å². The molecule has 2 aromatic rings. The Morgan fingerprint density at radius 3 is 2.38 bits per heavy atom. The van der Waals surface area contributed by atoms with Crippen LogP contribution < -0.4 is 10.1 Å². The zero-order chi connectivity index (χ0) is 20.9. The number of sulfonamides is 1. The predicted octanol–water partition coefficient (Wildman–Crippen LogP) is 3.50. The molecule has 0 bridgehead atoms. The third kappa shape index (κ3) is 5.16. The average molecular weight is 417 g/mol. The Morgan fingerprint density at radius 2 is 1.76 bits per heavy atom. The molecular formula is C22H28N2O4S. The van der Waals surface area contributed by atoms with Gasteiger partial charge in [0.25, 0.3) is 5.91 Å². The summed E-state index contributed by atoms with van der Waals surface area (Å²) in [5, 5.41) is 2.88. The summed E-state index contributed by atoms with van der Waals surface area (Å²) < 4.78 is 32.5. The van der Waals surface area contributed by atoms with Crippen LogP contribution in [-0.2, 0) is 16.6 Å². The lowest BCUT2D eigenvalue weighted by Gasteiger charge is -2.25. The first kappa shape index (κ1) is 21.3. The molecule has 0 saturated carbocycles. The van der Waals surface area contributed by atoms with Crippen LogP contribution in [0.15, 0.2) is 47.4 Å². The Kier molecular flexibility index (Phi) is 6.92. The Morgan fingerprint density at radius 1 is 1.07 bits per heavy atom. The number of aryl methyl sites for hydroxylation is 1. The van der Waals surface area contributed by atoms with Gasteiger partial charge in [-0.1, -0.05) is 18.6 Å². The van der Waals surface area contributed by atoms with Gasteiger partial charge in [-0.05, 0) is 68.1 Å². The summed E-state index contributed by atoms with van der Waals surface area (Å²) in [5.74, 6) is 0.593. The van der Waals surface area contributed by atoms with E-state index < -0.39 is 10.0 Å². The van der Waals surface area contributed by atoms with Gasteiger partial charge in [-0.15, -0.1) is 0 Å². The van der Waals surface area contributed by atoms with Crippen molar-refractivity contribution in [3.8, 4) is 5.75 Å². The number of hydrogen-bond acceptors (Lipinski definition) is 4. The number of benzene rings is 2. The maximum absolute atomic E-state index is 12.7.